The van der Waals surface area contributed by atoms with Crippen LogP contribution in [0.3, 0.4) is 0 Å². The molecule has 2 aliphatic heterocycles. The highest BCUT2D eigenvalue weighted by atomic mass is 32.2. The molecule has 0 N–H and O–H groups in total. The SMILES string of the molecule is C=C1CC(c2ccc(C)cc2)OC2CN(S(=O)(=O)c3ccc(C)cc3)CC12. The quantitative estimate of drug-likeness (QED) is 0.753. The summed E-state index contributed by atoms with van der Waals surface area (Å²) in [6, 6.07) is 15.4. The molecule has 2 saturated heterocycles. The fourth-order valence-corrected chi connectivity index (χ4v) is 5.43. The van der Waals surface area contributed by atoms with Crippen LogP contribution in [-0.2, 0) is 14.8 Å². The average molecular weight is 384 g/mol. The van der Waals surface area contributed by atoms with Crippen molar-refractivity contribution in [3.63, 3.8) is 0 Å². The minimum atomic E-state index is -3.51. The molecule has 0 amide bonds. The van der Waals surface area contributed by atoms with E-state index in [2.05, 4.69) is 37.8 Å². The van der Waals surface area contributed by atoms with Gasteiger partial charge in [-0.05, 0) is 38.0 Å². The van der Waals surface area contributed by atoms with Crippen LogP contribution in [-0.4, -0.2) is 31.9 Å². The minimum absolute atomic E-state index is 0.0543. The first kappa shape index (κ1) is 18.4. The van der Waals surface area contributed by atoms with Gasteiger partial charge in [-0.3, -0.25) is 0 Å². The van der Waals surface area contributed by atoms with E-state index >= 15 is 0 Å². The first-order valence-electron chi connectivity index (χ1n) is 9.31. The van der Waals surface area contributed by atoms with Crippen LogP contribution in [0.2, 0.25) is 0 Å². The van der Waals surface area contributed by atoms with Gasteiger partial charge >= 0.3 is 0 Å². The molecular formula is C22H25NO3S. The first-order valence-corrected chi connectivity index (χ1v) is 10.7. The lowest BCUT2D eigenvalue weighted by atomic mass is 9.87. The molecule has 3 atom stereocenters. The zero-order chi connectivity index (χ0) is 19.2. The summed E-state index contributed by atoms with van der Waals surface area (Å²) in [6.45, 7) is 9.08. The molecule has 2 aromatic carbocycles. The number of benzene rings is 2. The van der Waals surface area contributed by atoms with E-state index in [1.165, 1.54) is 5.56 Å². The van der Waals surface area contributed by atoms with Crippen molar-refractivity contribution in [1.82, 2.24) is 4.31 Å². The number of rotatable bonds is 3. The van der Waals surface area contributed by atoms with Crippen LogP contribution in [0.15, 0.2) is 65.6 Å². The second-order valence-electron chi connectivity index (χ2n) is 7.68. The highest BCUT2D eigenvalue weighted by Crippen LogP contribution is 2.42. The Kier molecular flexibility index (Phi) is 4.70. The van der Waals surface area contributed by atoms with Gasteiger partial charge in [0.05, 0.1) is 17.1 Å². The van der Waals surface area contributed by atoms with E-state index < -0.39 is 10.0 Å². The molecule has 2 fully saturated rings. The van der Waals surface area contributed by atoms with Gasteiger partial charge in [-0.2, -0.15) is 4.31 Å². The molecule has 0 spiro atoms. The van der Waals surface area contributed by atoms with E-state index in [-0.39, 0.29) is 18.1 Å². The molecule has 2 heterocycles. The van der Waals surface area contributed by atoms with Crippen LogP contribution in [0.25, 0.3) is 0 Å². The molecule has 0 bridgehead atoms. The van der Waals surface area contributed by atoms with E-state index in [0.29, 0.717) is 18.0 Å². The summed E-state index contributed by atoms with van der Waals surface area (Å²) in [6.07, 6.45) is 0.544. The predicted octanol–water partition coefficient (Wildman–Crippen LogP) is 4.01. The van der Waals surface area contributed by atoms with Gasteiger partial charge < -0.3 is 4.74 Å². The molecule has 27 heavy (non-hydrogen) atoms. The Balaban J connectivity index is 1.54. The molecule has 4 rings (SSSR count). The summed E-state index contributed by atoms with van der Waals surface area (Å²) in [4.78, 5) is 0.340. The molecule has 0 radical (unpaired) electrons. The van der Waals surface area contributed by atoms with E-state index in [9.17, 15) is 8.42 Å². The van der Waals surface area contributed by atoms with Crippen molar-refractivity contribution in [2.24, 2.45) is 5.92 Å². The van der Waals surface area contributed by atoms with E-state index in [4.69, 9.17) is 4.74 Å². The maximum absolute atomic E-state index is 13.0. The van der Waals surface area contributed by atoms with Crippen molar-refractivity contribution in [2.75, 3.05) is 13.1 Å². The largest absolute Gasteiger partial charge is 0.368 e. The number of hydrogen-bond acceptors (Lipinski definition) is 3. The number of ether oxygens (including phenoxy) is 1. The van der Waals surface area contributed by atoms with Crippen LogP contribution < -0.4 is 0 Å². The molecule has 5 heteroatoms. The number of nitrogens with zero attached hydrogens (tertiary/aromatic N) is 1. The monoisotopic (exact) mass is 383 g/mol. The Morgan fingerprint density at radius 3 is 2.19 bits per heavy atom. The lowest BCUT2D eigenvalue weighted by Crippen LogP contribution is -2.32. The maximum Gasteiger partial charge on any atom is 0.243 e. The summed E-state index contributed by atoms with van der Waals surface area (Å²) >= 11 is 0. The Hall–Kier alpha value is -1.95. The molecular weight excluding hydrogens is 358 g/mol. The third kappa shape index (κ3) is 3.47. The van der Waals surface area contributed by atoms with Crippen LogP contribution in [0.5, 0.6) is 0 Å². The van der Waals surface area contributed by atoms with Crippen LogP contribution in [0.1, 0.15) is 29.2 Å². The molecule has 2 aromatic rings. The van der Waals surface area contributed by atoms with Gasteiger partial charge in [-0.1, -0.05) is 59.7 Å². The maximum atomic E-state index is 13.0. The molecule has 0 saturated carbocycles. The third-order valence-corrected chi connectivity index (χ3v) is 7.50. The van der Waals surface area contributed by atoms with Gasteiger partial charge in [0.1, 0.15) is 0 Å². The second-order valence-corrected chi connectivity index (χ2v) is 9.62. The van der Waals surface area contributed by atoms with Crippen molar-refractivity contribution in [2.45, 2.75) is 37.4 Å². The third-order valence-electron chi connectivity index (χ3n) is 5.65. The summed E-state index contributed by atoms with van der Waals surface area (Å²) in [5, 5.41) is 0. The van der Waals surface area contributed by atoms with Crippen LogP contribution in [0.4, 0.5) is 0 Å². The van der Waals surface area contributed by atoms with Crippen molar-refractivity contribution < 1.29 is 13.2 Å². The zero-order valence-electron chi connectivity index (χ0n) is 15.8. The predicted molar refractivity (Wildman–Crippen MR) is 106 cm³/mol. The summed E-state index contributed by atoms with van der Waals surface area (Å²) in [5.41, 5.74) is 4.46. The Morgan fingerprint density at radius 2 is 1.56 bits per heavy atom. The van der Waals surface area contributed by atoms with Gasteiger partial charge in [0.25, 0.3) is 0 Å². The highest BCUT2D eigenvalue weighted by Gasteiger charge is 2.45. The van der Waals surface area contributed by atoms with E-state index in [0.717, 1.165) is 23.1 Å². The van der Waals surface area contributed by atoms with Crippen molar-refractivity contribution >= 4 is 10.0 Å². The molecule has 142 valence electrons. The van der Waals surface area contributed by atoms with Crippen molar-refractivity contribution in [3.05, 3.63) is 77.4 Å². The average Bonchev–Trinajstić information content (AvgIpc) is 3.08. The molecule has 3 unspecified atom stereocenters. The number of sulfonamides is 1. The van der Waals surface area contributed by atoms with Crippen LogP contribution >= 0.6 is 0 Å². The Bertz CT molecular complexity index is 948. The van der Waals surface area contributed by atoms with E-state index in [1.54, 1.807) is 16.4 Å². The number of hydrogen-bond donors (Lipinski definition) is 0. The van der Waals surface area contributed by atoms with Gasteiger partial charge in [0.15, 0.2) is 0 Å². The van der Waals surface area contributed by atoms with Gasteiger partial charge in [0.2, 0.25) is 10.0 Å². The summed E-state index contributed by atoms with van der Waals surface area (Å²) < 4.78 is 33.9. The van der Waals surface area contributed by atoms with Crippen molar-refractivity contribution in [3.8, 4) is 0 Å². The number of aryl methyl sites for hydroxylation is 2. The first-order chi connectivity index (χ1) is 12.8. The second kappa shape index (κ2) is 6.89. The molecule has 0 aromatic heterocycles. The fourth-order valence-electron chi connectivity index (χ4n) is 3.95. The summed E-state index contributed by atoms with van der Waals surface area (Å²) in [7, 11) is -3.51. The zero-order valence-corrected chi connectivity index (χ0v) is 16.6. The van der Waals surface area contributed by atoms with Crippen molar-refractivity contribution in [1.29, 1.82) is 0 Å². The lowest BCUT2D eigenvalue weighted by Gasteiger charge is -2.33. The standard InChI is InChI=1S/C22H25NO3S/c1-15-4-8-18(9-5-15)21-12-17(3)20-13-23(14-22(20)26-21)27(24,25)19-10-6-16(2)7-11-19/h4-11,20-22H,3,12-14H2,1-2H3. The van der Waals surface area contributed by atoms with Gasteiger partial charge in [0, 0.05) is 19.0 Å². The lowest BCUT2D eigenvalue weighted by molar-refractivity contribution is -0.0421. The van der Waals surface area contributed by atoms with Crippen LogP contribution in [0, 0.1) is 19.8 Å². The highest BCUT2D eigenvalue weighted by molar-refractivity contribution is 7.89. The number of fused-ring (bicyclic) bond motifs is 1. The fraction of sp³-hybridized carbons (Fsp3) is 0.364. The smallest absolute Gasteiger partial charge is 0.243 e. The molecule has 4 nitrogen and oxygen atoms in total. The molecule has 2 aliphatic rings. The Labute approximate surface area is 161 Å². The molecule has 0 aliphatic carbocycles. The summed E-state index contributed by atoms with van der Waals surface area (Å²) in [5.74, 6) is 0.0620. The topological polar surface area (TPSA) is 46.6 Å². The minimum Gasteiger partial charge on any atom is -0.368 e. The Morgan fingerprint density at radius 1 is 0.963 bits per heavy atom. The van der Waals surface area contributed by atoms with E-state index in [1.807, 2.05) is 19.1 Å². The van der Waals surface area contributed by atoms with Gasteiger partial charge in [-0.15, -0.1) is 0 Å². The normalized spacial score (nSPS) is 26.1. The van der Waals surface area contributed by atoms with Gasteiger partial charge in [-0.25, -0.2) is 8.42 Å².